The Kier molecular flexibility index (Phi) is 3.33. The molecule has 0 saturated carbocycles. The first kappa shape index (κ1) is 11.5. The van der Waals surface area contributed by atoms with Crippen LogP contribution in [0.2, 0.25) is 0 Å². The van der Waals surface area contributed by atoms with Crippen LogP contribution in [0.25, 0.3) is 0 Å². The molecular weight excluding hydrogens is 240 g/mol. The molecule has 0 aliphatic heterocycles. The first-order valence-electron chi connectivity index (χ1n) is 4.88. The van der Waals surface area contributed by atoms with Crippen LogP contribution in [-0.2, 0) is 6.54 Å². The topological polar surface area (TPSA) is 98.8 Å². The summed E-state index contributed by atoms with van der Waals surface area (Å²) >= 11 is 1.61. The fourth-order valence-electron chi connectivity index (χ4n) is 1.18. The molecule has 8 heteroatoms. The lowest BCUT2D eigenvalue weighted by Crippen LogP contribution is -2.08. The first-order chi connectivity index (χ1) is 8.17. The number of methoxy groups -OCH3 is 1. The van der Waals surface area contributed by atoms with Crippen molar-refractivity contribution in [1.29, 1.82) is 0 Å². The van der Waals surface area contributed by atoms with Gasteiger partial charge >= 0.3 is 6.01 Å². The Morgan fingerprint density at radius 2 is 2.24 bits per heavy atom. The predicted molar refractivity (Wildman–Crippen MR) is 65.0 cm³/mol. The number of aromatic nitrogens is 4. The summed E-state index contributed by atoms with van der Waals surface area (Å²) in [5, 5.41) is 3.97. The molecule has 2 rings (SSSR count). The van der Waals surface area contributed by atoms with Crippen molar-refractivity contribution in [2.45, 2.75) is 13.5 Å². The summed E-state index contributed by atoms with van der Waals surface area (Å²) in [5.41, 5.74) is 5.51. The second-order valence-corrected chi connectivity index (χ2v) is 4.54. The summed E-state index contributed by atoms with van der Waals surface area (Å²) in [6.07, 6.45) is 1.82. The van der Waals surface area contributed by atoms with Crippen molar-refractivity contribution >= 4 is 23.2 Å². The number of rotatable bonds is 4. The summed E-state index contributed by atoms with van der Waals surface area (Å²) in [4.78, 5) is 17.1. The van der Waals surface area contributed by atoms with Gasteiger partial charge in [-0.3, -0.25) is 0 Å². The highest BCUT2D eigenvalue weighted by molar-refractivity contribution is 7.11. The molecule has 0 aliphatic carbocycles. The van der Waals surface area contributed by atoms with E-state index < -0.39 is 0 Å². The van der Waals surface area contributed by atoms with Crippen molar-refractivity contribution in [1.82, 2.24) is 19.9 Å². The molecule has 0 spiro atoms. The van der Waals surface area contributed by atoms with Crippen LogP contribution in [0.4, 0.5) is 11.9 Å². The van der Waals surface area contributed by atoms with Crippen molar-refractivity contribution in [3.8, 4) is 6.01 Å². The molecule has 0 unspecified atom stereocenters. The summed E-state index contributed by atoms with van der Waals surface area (Å²) in [7, 11) is 1.47. The van der Waals surface area contributed by atoms with Crippen LogP contribution < -0.4 is 15.8 Å². The monoisotopic (exact) mass is 252 g/mol. The molecule has 0 aromatic carbocycles. The summed E-state index contributed by atoms with van der Waals surface area (Å²) < 4.78 is 4.90. The highest BCUT2D eigenvalue weighted by atomic mass is 32.1. The van der Waals surface area contributed by atoms with E-state index in [9.17, 15) is 0 Å². The number of ether oxygens (including phenoxy) is 1. The number of thiazole rings is 1. The Balaban J connectivity index is 2.05. The summed E-state index contributed by atoms with van der Waals surface area (Å²) in [6.45, 7) is 2.55. The van der Waals surface area contributed by atoms with E-state index in [1.165, 1.54) is 7.11 Å². The third kappa shape index (κ3) is 3.00. The molecule has 0 amide bonds. The highest BCUT2D eigenvalue weighted by Gasteiger charge is 2.05. The number of nitrogens with zero attached hydrogens (tertiary/aromatic N) is 4. The Morgan fingerprint density at radius 1 is 1.41 bits per heavy atom. The van der Waals surface area contributed by atoms with E-state index in [1.54, 1.807) is 11.3 Å². The van der Waals surface area contributed by atoms with Gasteiger partial charge in [0.05, 0.1) is 13.7 Å². The van der Waals surface area contributed by atoms with Crippen LogP contribution in [0.15, 0.2) is 6.20 Å². The molecule has 0 atom stereocenters. The molecule has 7 nitrogen and oxygen atoms in total. The van der Waals surface area contributed by atoms with E-state index in [1.807, 2.05) is 13.1 Å². The Labute approximate surface area is 102 Å². The van der Waals surface area contributed by atoms with E-state index in [4.69, 9.17) is 10.5 Å². The normalized spacial score (nSPS) is 10.2. The van der Waals surface area contributed by atoms with Gasteiger partial charge in [-0.15, -0.1) is 11.3 Å². The quantitative estimate of drug-likeness (QED) is 0.831. The minimum Gasteiger partial charge on any atom is -0.467 e. The van der Waals surface area contributed by atoms with Gasteiger partial charge in [0, 0.05) is 11.1 Å². The summed E-state index contributed by atoms with van der Waals surface area (Å²) in [5.74, 6) is 0.497. The molecule has 0 saturated heterocycles. The maximum Gasteiger partial charge on any atom is 0.322 e. The predicted octanol–water partition coefficient (Wildman–Crippen LogP) is 0.839. The fraction of sp³-hybridized carbons (Fsp3) is 0.333. The van der Waals surface area contributed by atoms with Crippen LogP contribution in [-0.4, -0.2) is 27.0 Å². The molecular formula is C9H12N6OS. The van der Waals surface area contributed by atoms with Gasteiger partial charge in [0.2, 0.25) is 11.9 Å². The van der Waals surface area contributed by atoms with Crippen LogP contribution in [0.3, 0.4) is 0 Å². The van der Waals surface area contributed by atoms with E-state index in [0.29, 0.717) is 12.5 Å². The lowest BCUT2D eigenvalue weighted by atomic mass is 10.6. The van der Waals surface area contributed by atoms with E-state index >= 15 is 0 Å². The molecule has 90 valence electrons. The lowest BCUT2D eigenvalue weighted by molar-refractivity contribution is 0.379. The Morgan fingerprint density at radius 3 is 2.88 bits per heavy atom. The molecule has 0 aliphatic rings. The first-order valence-corrected chi connectivity index (χ1v) is 5.70. The zero-order chi connectivity index (χ0) is 12.3. The smallest absolute Gasteiger partial charge is 0.322 e. The molecule has 2 aromatic heterocycles. The van der Waals surface area contributed by atoms with Gasteiger partial charge in [0.25, 0.3) is 0 Å². The van der Waals surface area contributed by atoms with E-state index in [0.717, 1.165) is 9.88 Å². The number of anilines is 2. The zero-order valence-corrected chi connectivity index (χ0v) is 10.3. The third-order valence-electron chi connectivity index (χ3n) is 1.88. The van der Waals surface area contributed by atoms with Crippen molar-refractivity contribution in [3.05, 3.63) is 16.1 Å². The van der Waals surface area contributed by atoms with Crippen LogP contribution in [0, 0.1) is 6.92 Å². The minimum absolute atomic E-state index is 0.120. The average molecular weight is 252 g/mol. The van der Waals surface area contributed by atoms with Crippen molar-refractivity contribution in [2.24, 2.45) is 0 Å². The van der Waals surface area contributed by atoms with Gasteiger partial charge < -0.3 is 15.8 Å². The number of nitrogens with one attached hydrogen (secondary N) is 1. The van der Waals surface area contributed by atoms with Crippen molar-refractivity contribution < 1.29 is 4.74 Å². The highest BCUT2D eigenvalue weighted by Crippen LogP contribution is 2.13. The van der Waals surface area contributed by atoms with Gasteiger partial charge in [-0.2, -0.15) is 15.0 Å². The molecule has 0 radical (unpaired) electrons. The van der Waals surface area contributed by atoms with Crippen LogP contribution in [0.5, 0.6) is 6.01 Å². The van der Waals surface area contributed by atoms with Gasteiger partial charge in [-0.25, -0.2) is 4.98 Å². The van der Waals surface area contributed by atoms with Crippen molar-refractivity contribution in [3.63, 3.8) is 0 Å². The number of nitrogens with two attached hydrogens (primary N) is 1. The number of hydrogen-bond acceptors (Lipinski definition) is 8. The Hall–Kier alpha value is -1.96. The number of hydrogen-bond donors (Lipinski definition) is 2. The van der Waals surface area contributed by atoms with Crippen LogP contribution >= 0.6 is 11.3 Å². The second-order valence-electron chi connectivity index (χ2n) is 3.22. The SMILES string of the molecule is COc1nc(N)nc(NCc2ncc(C)s2)n1. The Bertz CT molecular complexity index is 514. The molecule has 0 bridgehead atoms. The van der Waals surface area contributed by atoms with Gasteiger partial charge in [-0.1, -0.05) is 0 Å². The fourth-order valence-corrected chi connectivity index (χ4v) is 1.91. The van der Waals surface area contributed by atoms with Gasteiger partial charge in [0.15, 0.2) is 0 Å². The van der Waals surface area contributed by atoms with Crippen LogP contribution in [0.1, 0.15) is 9.88 Å². The molecule has 0 fully saturated rings. The molecule has 2 aromatic rings. The summed E-state index contributed by atoms with van der Waals surface area (Å²) in [6, 6.07) is 0.190. The van der Waals surface area contributed by atoms with E-state index in [2.05, 4.69) is 25.3 Å². The van der Waals surface area contributed by atoms with E-state index in [-0.39, 0.29) is 12.0 Å². The van der Waals surface area contributed by atoms with Gasteiger partial charge in [-0.05, 0) is 6.92 Å². The third-order valence-corrected chi connectivity index (χ3v) is 2.79. The maximum atomic E-state index is 5.51. The maximum absolute atomic E-state index is 5.51. The standard InChI is InChI=1S/C9H12N6OS/c1-5-3-11-6(17-5)4-12-8-13-7(10)14-9(15-8)16-2/h3H,4H2,1-2H3,(H3,10,12,13,14,15). The average Bonchev–Trinajstić information content (AvgIpc) is 2.72. The molecule has 3 N–H and O–H groups in total. The number of nitrogen functional groups attached to an aromatic ring is 1. The van der Waals surface area contributed by atoms with Crippen molar-refractivity contribution in [2.75, 3.05) is 18.2 Å². The second kappa shape index (κ2) is 4.91. The molecule has 17 heavy (non-hydrogen) atoms. The minimum atomic E-state index is 0.120. The molecule has 2 heterocycles. The lowest BCUT2D eigenvalue weighted by Gasteiger charge is -2.04. The largest absolute Gasteiger partial charge is 0.467 e. The van der Waals surface area contributed by atoms with Gasteiger partial charge in [0.1, 0.15) is 5.01 Å². The number of aryl methyl sites for hydroxylation is 1. The zero-order valence-electron chi connectivity index (χ0n) is 9.47.